The average molecular weight is 253 g/mol. The van der Waals surface area contributed by atoms with Crippen molar-refractivity contribution in [2.75, 3.05) is 32.7 Å². The molecule has 3 atom stereocenters. The van der Waals surface area contributed by atoms with E-state index < -0.39 is 5.97 Å². The average Bonchev–Trinajstić information content (AvgIpc) is 2.85. The largest absolute Gasteiger partial charge is 0.480 e. The molecule has 0 aromatic rings. The standard InChI is InChI=1S/C13H23N3O2/c17-13(18)12-9-14-4-7-16(12)11-3-6-15-5-1-2-10(15)8-11/h10-12,14H,1-9H2,(H,17,18). The smallest absolute Gasteiger partial charge is 0.322 e. The molecule has 3 fully saturated rings. The predicted octanol–water partition coefficient (Wildman–Crippen LogP) is -0.0284. The molecule has 0 aliphatic carbocycles. The van der Waals surface area contributed by atoms with Crippen molar-refractivity contribution in [1.82, 2.24) is 15.1 Å². The Hall–Kier alpha value is -0.650. The third-order valence-electron chi connectivity index (χ3n) is 4.83. The summed E-state index contributed by atoms with van der Waals surface area (Å²) in [7, 11) is 0. The van der Waals surface area contributed by atoms with Gasteiger partial charge in [-0.2, -0.15) is 0 Å². The molecule has 3 aliphatic heterocycles. The van der Waals surface area contributed by atoms with Crippen LogP contribution in [-0.4, -0.2) is 71.7 Å². The summed E-state index contributed by atoms with van der Waals surface area (Å²) in [6.07, 6.45) is 4.94. The molecule has 2 N–H and O–H groups in total. The first-order valence-corrected chi connectivity index (χ1v) is 7.19. The number of nitrogens with zero attached hydrogens (tertiary/aromatic N) is 2. The Labute approximate surface area is 108 Å². The minimum Gasteiger partial charge on any atom is -0.480 e. The molecule has 0 bridgehead atoms. The predicted molar refractivity (Wildman–Crippen MR) is 68.6 cm³/mol. The van der Waals surface area contributed by atoms with E-state index in [4.69, 9.17) is 0 Å². The zero-order chi connectivity index (χ0) is 12.5. The van der Waals surface area contributed by atoms with Crippen LogP contribution >= 0.6 is 0 Å². The van der Waals surface area contributed by atoms with Crippen molar-refractivity contribution in [3.63, 3.8) is 0 Å². The van der Waals surface area contributed by atoms with Gasteiger partial charge in [0, 0.05) is 31.7 Å². The summed E-state index contributed by atoms with van der Waals surface area (Å²) in [6.45, 7) is 4.82. The summed E-state index contributed by atoms with van der Waals surface area (Å²) in [5, 5.41) is 12.5. The molecule has 3 rings (SSSR count). The maximum absolute atomic E-state index is 11.3. The molecule has 0 spiro atoms. The van der Waals surface area contributed by atoms with Crippen molar-refractivity contribution in [1.29, 1.82) is 0 Å². The molecule has 3 saturated heterocycles. The number of carboxylic acid groups (broad SMARTS) is 1. The van der Waals surface area contributed by atoms with Crippen LogP contribution in [0.2, 0.25) is 0 Å². The van der Waals surface area contributed by atoms with Crippen LogP contribution in [0.25, 0.3) is 0 Å². The molecule has 0 amide bonds. The van der Waals surface area contributed by atoms with Crippen LogP contribution in [0.15, 0.2) is 0 Å². The van der Waals surface area contributed by atoms with E-state index in [1.807, 2.05) is 0 Å². The van der Waals surface area contributed by atoms with Gasteiger partial charge in [0.2, 0.25) is 0 Å². The zero-order valence-electron chi connectivity index (χ0n) is 10.8. The molecule has 5 nitrogen and oxygen atoms in total. The summed E-state index contributed by atoms with van der Waals surface area (Å²) < 4.78 is 0. The fraction of sp³-hybridized carbons (Fsp3) is 0.923. The molecular formula is C13H23N3O2. The van der Waals surface area contributed by atoms with E-state index >= 15 is 0 Å². The molecule has 3 unspecified atom stereocenters. The molecule has 0 radical (unpaired) electrons. The van der Waals surface area contributed by atoms with E-state index in [0.29, 0.717) is 18.6 Å². The summed E-state index contributed by atoms with van der Waals surface area (Å²) in [5.41, 5.74) is 0. The monoisotopic (exact) mass is 253 g/mol. The van der Waals surface area contributed by atoms with Crippen molar-refractivity contribution in [2.24, 2.45) is 0 Å². The number of hydrogen-bond donors (Lipinski definition) is 2. The molecule has 0 aromatic heterocycles. The van der Waals surface area contributed by atoms with Crippen molar-refractivity contribution < 1.29 is 9.90 Å². The van der Waals surface area contributed by atoms with E-state index in [0.717, 1.165) is 26.1 Å². The Morgan fingerprint density at radius 2 is 2.06 bits per heavy atom. The maximum atomic E-state index is 11.3. The second-order valence-electron chi connectivity index (χ2n) is 5.81. The quantitative estimate of drug-likeness (QED) is 0.724. The molecule has 0 saturated carbocycles. The van der Waals surface area contributed by atoms with Crippen LogP contribution in [0.4, 0.5) is 0 Å². The first kappa shape index (κ1) is 12.4. The molecule has 3 heterocycles. The highest BCUT2D eigenvalue weighted by molar-refractivity contribution is 5.74. The van der Waals surface area contributed by atoms with Crippen LogP contribution in [0.3, 0.4) is 0 Å². The normalized spacial score (nSPS) is 38.6. The van der Waals surface area contributed by atoms with E-state index in [1.165, 1.54) is 25.8 Å². The van der Waals surface area contributed by atoms with Gasteiger partial charge in [-0.05, 0) is 38.8 Å². The summed E-state index contributed by atoms with van der Waals surface area (Å²) in [6, 6.07) is 0.873. The number of nitrogens with one attached hydrogen (secondary N) is 1. The van der Waals surface area contributed by atoms with Crippen molar-refractivity contribution >= 4 is 5.97 Å². The maximum Gasteiger partial charge on any atom is 0.322 e. The minimum atomic E-state index is -0.670. The van der Waals surface area contributed by atoms with Crippen LogP contribution < -0.4 is 5.32 Å². The van der Waals surface area contributed by atoms with Gasteiger partial charge in [-0.3, -0.25) is 9.69 Å². The lowest BCUT2D eigenvalue weighted by Crippen LogP contribution is -2.60. The Morgan fingerprint density at radius 3 is 2.89 bits per heavy atom. The lowest BCUT2D eigenvalue weighted by molar-refractivity contribution is -0.145. The number of hydrogen-bond acceptors (Lipinski definition) is 4. The van der Waals surface area contributed by atoms with E-state index in [-0.39, 0.29) is 6.04 Å². The summed E-state index contributed by atoms with van der Waals surface area (Å²) in [4.78, 5) is 16.2. The fourth-order valence-corrected chi connectivity index (χ4v) is 3.89. The first-order valence-electron chi connectivity index (χ1n) is 7.19. The number of piperidine rings is 1. The first-order chi connectivity index (χ1) is 8.75. The van der Waals surface area contributed by atoms with Gasteiger partial charge in [0.25, 0.3) is 0 Å². The highest BCUT2D eigenvalue weighted by Gasteiger charge is 2.39. The molecule has 3 aliphatic rings. The highest BCUT2D eigenvalue weighted by atomic mass is 16.4. The van der Waals surface area contributed by atoms with Crippen LogP contribution in [0.5, 0.6) is 0 Å². The van der Waals surface area contributed by atoms with Gasteiger partial charge < -0.3 is 15.3 Å². The van der Waals surface area contributed by atoms with Crippen molar-refractivity contribution in [2.45, 2.75) is 43.8 Å². The number of piperazine rings is 1. The van der Waals surface area contributed by atoms with Gasteiger partial charge >= 0.3 is 5.97 Å². The Morgan fingerprint density at radius 1 is 1.17 bits per heavy atom. The van der Waals surface area contributed by atoms with Gasteiger partial charge in [-0.15, -0.1) is 0 Å². The number of rotatable bonds is 2. The van der Waals surface area contributed by atoms with Crippen LogP contribution in [0.1, 0.15) is 25.7 Å². The second-order valence-corrected chi connectivity index (χ2v) is 5.81. The molecule has 102 valence electrons. The van der Waals surface area contributed by atoms with Gasteiger partial charge in [0.15, 0.2) is 0 Å². The molecular weight excluding hydrogens is 230 g/mol. The number of fused-ring (bicyclic) bond motifs is 1. The number of aliphatic carboxylic acids is 1. The van der Waals surface area contributed by atoms with E-state index in [1.54, 1.807) is 0 Å². The Kier molecular flexibility index (Phi) is 3.54. The lowest BCUT2D eigenvalue weighted by atomic mass is 9.94. The fourth-order valence-electron chi connectivity index (χ4n) is 3.89. The van der Waals surface area contributed by atoms with Crippen molar-refractivity contribution in [3.05, 3.63) is 0 Å². The van der Waals surface area contributed by atoms with Gasteiger partial charge in [0.05, 0.1) is 0 Å². The lowest BCUT2D eigenvalue weighted by Gasteiger charge is -2.44. The second kappa shape index (κ2) is 5.15. The third kappa shape index (κ3) is 2.27. The Bertz CT molecular complexity index is 323. The van der Waals surface area contributed by atoms with Gasteiger partial charge in [0.1, 0.15) is 6.04 Å². The molecule has 0 aromatic carbocycles. The number of carbonyl (C=O) groups is 1. The van der Waals surface area contributed by atoms with E-state index in [9.17, 15) is 9.90 Å². The third-order valence-corrected chi connectivity index (χ3v) is 4.83. The van der Waals surface area contributed by atoms with Crippen LogP contribution in [-0.2, 0) is 4.79 Å². The highest BCUT2D eigenvalue weighted by Crippen LogP contribution is 2.30. The zero-order valence-corrected chi connectivity index (χ0v) is 10.8. The molecule has 18 heavy (non-hydrogen) atoms. The van der Waals surface area contributed by atoms with Gasteiger partial charge in [-0.1, -0.05) is 0 Å². The van der Waals surface area contributed by atoms with Gasteiger partial charge in [-0.25, -0.2) is 0 Å². The minimum absolute atomic E-state index is 0.322. The SMILES string of the molecule is O=C(O)C1CNCCN1C1CCN2CCCC2C1. The topological polar surface area (TPSA) is 55.8 Å². The van der Waals surface area contributed by atoms with Crippen molar-refractivity contribution in [3.8, 4) is 0 Å². The summed E-state index contributed by atoms with van der Waals surface area (Å²) >= 11 is 0. The van der Waals surface area contributed by atoms with Crippen LogP contribution in [0, 0.1) is 0 Å². The molecule has 5 heteroatoms. The number of carboxylic acids is 1. The summed E-state index contributed by atoms with van der Waals surface area (Å²) in [5.74, 6) is -0.670. The van der Waals surface area contributed by atoms with E-state index in [2.05, 4.69) is 15.1 Å². The Balaban J connectivity index is 1.67.